The first kappa shape index (κ1) is 15.5. The van der Waals surface area contributed by atoms with Crippen molar-refractivity contribution >= 4 is 5.91 Å². The van der Waals surface area contributed by atoms with Crippen molar-refractivity contribution in [3.05, 3.63) is 54.0 Å². The van der Waals surface area contributed by atoms with Gasteiger partial charge in [0.2, 0.25) is 0 Å². The molecule has 0 saturated heterocycles. The number of carbonyl (C=O) groups is 1. The van der Waals surface area contributed by atoms with Crippen LogP contribution in [0.15, 0.2) is 42.6 Å². The fourth-order valence-corrected chi connectivity index (χ4v) is 2.94. The predicted octanol–water partition coefficient (Wildman–Crippen LogP) is 1.29. The van der Waals surface area contributed by atoms with Crippen LogP contribution in [0.25, 0.3) is 11.3 Å². The number of H-pyrrole nitrogens is 1. The van der Waals surface area contributed by atoms with Gasteiger partial charge < -0.3 is 10.4 Å². The van der Waals surface area contributed by atoms with E-state index in [1.54, 1.807) is 16.9 Å². The number of carbonyl (C=O) groups excluding carboxylic acids is 1. The quantitative estimate of drug-likeness (QED) is 0.650. The predicted molar refractivity (Wildman–Crippen MR) is 89.5 cm³/mol. The van der Waals surface area contributed by atoms with Crippen LogP contribution in [0.4, 0.5) is 0 Å². The molecule has 0 radical (unpaired) electrons. The van der Waals surface area contributed by atoms with E-state index in [0.717, 1.165) is 24.1 Å². The van der Waals surface area contributed by atoms with Gasteiger partial charge in [0.1, 0.15) is 11.4 Å². The standard InChI is InChI=1S/C17H18N6O2/c24-10-13-9-23(22-19-13)14-6-12(7-14)18-17(25)16-8-15(20-21-16)11-4-2-1-3-5-11/h1-5,8-9,12,14,24H,6-7,10H2,(H,18,25)(H,20,21). The molecule has 8 nitrogen and oxygen atoms in total. The Balaban J connectivity index is 1.34. The molecular weight excluding hydrogens is 320 g/mol. The van der Waals surface area contributed by atoms with Crippen molar-refractivity contribution in [3.63, 3.8) is 0 Å². The minimum atomic E-state index is -0.159. The molecule has 0 atom stereocenters. The second-order valence-electron chi connectivity index (χ2n) is 6.18. The van der Waals surface area contributed by atoms with Gasteiger partial charge in [-0.05, 0) is 18.9 Å². The first-order valence-electron chi connectivity index (χ1n) is 8.16. The number of rotatable bonds is 5. The average molecular weight is 338 g/mol. The number of aliphatic hydroxyl groups is 1. The summed E-state index contributed by atoms with van der Waals surface area (Å²) in [4.78, 5) is 12.3. The number of benzene rings is 1. The Hall–Kier alpha value is -3.00. The van der Waals surface area contributed by atoms with Gasteiger partial charge in [-0.3, -0.25) is 9.89 Å². The third-order valence-electron chi connectivity index (χ3n) is 4.43. The largest absolute Gasteiger partial charge is 0.390 e. The van der Waals surface area contributed by atoms with Crippen molar-refractivity contribution in [3.8, 4) is 11.3 Å². The molecule has 0 unspecified atom stereocenters. The molecular formula is C17H18N6O2. The number of nitrogens with one attached hydrogen (secondary N) is 2. The highest BCUT2D eigenvalue weighted by molar-refractivity contribution is 5.93. The van der Waals surface area contributed by atoms with Crippen LogP contribution in [-0.4, -0.2) is 42.2 Å². The molecule has 2 heterocycles. The lowest BCUT2D eigenvalue weighted by Gasteiger charge is -2.35. The van der Waals surface area contributed by atoms with Crippen molar-refractivity contribution in [2.75, 3.05) is 0 Å². The second-order valence-corrected chi connectivity index (χ2v) is 6.18. The Morgan fingerprint density at radius 1 is 1.32 bits per heavy atom. The smallest absolute Gasteiger partial charge is 0.269 e. The van der Waals surface area contributed by atoms with Crippen molar-refractivity contribution < 1.29 is 9.90 Å². The van der Waals surface area contributed by atoms with Gasteiger partial charge in [0.25, 0.3) is 5.91 Å². The molecule has 1 aliphatic rings. The number of amides is 1. The van der Waals surface area contributed by atoms with E-state index in [4.69, 9.17) is 5.11 Å². The highest BCUT2D eigenvalue weighted by atomic mass is 16.3. The van der Waals surface area contributed by atoms with Crippen LogP contribution in [0, 0.1) is 0 Å². The van der Waals surface area contributed by atoms with Crippen LogP contribution < -0.4 is 5.32 Å². The summed E-state index contributed by atoms with van der Waals surface area (Å²) < 4.78 is 1.75. The monoisotopic (exact) mass is 338 g/mol. The third kappa shape index (κ3) is 3.16. The van der Waals surface area contributed by atoms with Crippen molar-refractivity contribution in [1.29, 1.82) is 0 Å². The van der Waals surface area contributed by atoms with E-state index in [-0.39, 0.29) is 24.6 Å². The molecule has 0 aliphatic heterocycles. The van der Waals surface area contributed by atoms with Gasteiger partial charge in [-0.15, -0.1) is 5.10 Å². The maximum Gasteiger partial charge on any atom is 0.269 e. The molecule has 25 heavy (non-hydrogen) atoms. The van der Waals surface area contributed by atoms with Crippen LogP contribution in [0.3, 0.4) is 0 Å². The minimum absolute atomic E-state index is 0.0998. The molecule has 1 amide bonds. The van der Waals surface area contributed by atoms with Gasteiger partial charge in [-0.25, -0.2) is 4.68 Å². The zero-order valence-electron chi connectivity index (χ0n) is 13.5. The van der Waals surface area contributed by atoms with Gasteiger partial charge in [0.15, 0.2) is 0 Å². The topological polar surface area (TPSA) is 109 Å². The first-order chi connectivity index (χ1) is 12.2. The maximum atomic E-state index is 12.3. The Morgan fingerprint density at radius 3 is 2.84 bits per heavy atom. The van der Waals surface area contributed by atoms with E-state index in [0.29, 0.717) is 11.4 Å². The fraction of sp³-hybridized carbons (Fsp3) is 0.294. The Morgan fingerprint density at radius 2 is 2.12 bits per heavy atom. The third-order valence-corrected chi connectivity index (χ3v) is 4.43. The van der Waals surface area contributed by atoms with Crippen LogP contribution in [-0.2, 0) is 6.61 Å². The van der Waals surface area contributed by atoms with Crippen LogP contribution >= 0.6 is 0 Å². The normalized spacial score (nSPS) is 19.4. The Labute approximate surface area is 143 Å². The van der Waals surface area contributed by atoms with Gasteiger partial charge in [0.05, 0.1) is 24.5 Å². The SMILES string of the molecule is O=C(NC1CC(n2cc(CO)nn2)C1)c1cc(-c2ccccc2)n[nH]1. The number of hydrogen-bond acceptors (Lipinski definition) is 5. The summed E-state index contributed by atoms with van der Waals surface area (Å²) in [5.74, 6) is -0.159. The molecule has 2 aromatic heterocycles. The van der Waals surface area contributed by atoms with Gasteiger partial charge >= 0.3 is 0 Å². The lowest BCUT2D eigenvalue weighted by Crippen LogP contribution is -2.45. The molecule has 3 N–H and O–H groups in total. The van der Waals surface area contributed by atoms with Crippen molar-refractivity contribution in [2.45, 2.75) is 31.5 Å². The summed E-state index contributed by atoms with van der Waals surface area (Å²) in [6.45, 7) is -0.115. The minimum Gasteiger partial charge on any atom is -0.390 e. The molecule has 4 rings (SSSR count). The molecule has 0 bridgehead atoms. The Kier molecular flexibility index (Phi) is 4.02. The van der Waals surface area contributed by atoms with Gasteiger partial charge in [-0.2, -0.15) is 5.10 Å². The summed E-state index contributed by atoms with van der Waals surface area (Å²) in [6, 6.07) is 11.8. The number of aromatic amines is 1. The first-order valence-corrected chi connectivity index (χ1v) is 8.16. The van der Waals surface area contributed by atoms with E-state index in [1.165, 1.54) is 0 Å². The molecule has 1 saturated carbocycles. The fourth-order valence-electron chi connectivity index (χ4n) is 2.94. The highest BCUT2D eigenvalue weighted by Gasteiger charge is 2.33. The van der Waals surface area contributed by atoms with Gasteiger partial charge in [-0.1, -0.05) is 35.5 Å². The molecule has 1 aromatic carbocycles. The van der Waals surface area contributed by atoms with Crippen LogP contribution in [0.1, 0.15) is 35.1 Å². The van der Waals surface area contributed by atoms with E-state index < -0.39 is 0 Å². The molecule has 8 heteroatoms. The zero-order chi connectivity index (χ0) is 17.2. The molecule has 1 fully saturated rings. The van der Waals surface area contributed by atoms with Crippen LogP contribution in [0.5, 0.6) is 0 Å². The van der Waals surface area contributed by atoms with Crippen molar-refractivity contribution in [1.82, 2.24) is 30.5 Å². The zero-order valence-corrected chi connectivity index (χ0v) is 13.5. The average Bonchev–Trinajstić information content (AvgIpc) is 3.27. The van der Waals surface area contributed by atoms with E-state index in [1.807, 2.05) is 30.3 Å². The van der Waals surface area contributed by atoms with E-state index in [9.17, 15) is 4.79 Å². The summed E-state index contributed by atoms with van der Waals surface area (Å²) in [7, 11) is 0. The van der Waals surface area contributed by atoms with Crippen LogP contribution in [0.2, 0.25) is 0 Å². The van der Waals surface area contributed by atoms with Gasteiger partial charge in [0, 0.05) is 11.6 Å². The maximum absolute atomic E-state index is 12.3. The van der Waals surface area contributed by atoms with E-state index >= 15 is 0 Å². The summed E-state index contributed by atoms with van der Waals surface area (Å²) >= 11 is 0. The molecule has 3 aromatic rings. The summed E-state index contributed by atoms with van der Waals surface area (Å²) in [6.07, 6.45) is 3.32. The Bertz CT molecular complexity index is 866. The molecule has 128 valence electrons. The molecule has 1 aliphatic carbocycles. The summed E-state index contributed by atoms with van der Waals surface area (Å²) in [5.41, 5.74) is 2.72. The lowest BCUT2D eigenvalue weighted by atomic mass is 9.87. The number of hydrogen-bond donors (Lipinski definition) is 3. The number of aliphatic hydroxyl groups excluding tert-OH is 1. The highest BCUT2D eigenvalue weighted by Crippen LogP contribution is 2.31. The molecule has 0 spiro atoms. The summed E-state index contributed by atoms with van der Waals surface area (Å²) in [5, 5.41) is 26.9. The number of nitrogens with zero attached hydrogens (tertiary/aromatic N) is 4. The van der Waals surface area contributed by atoms with Crippen molar-refractivity contribution in [2.24, 2.45) is 0 Å². The lowest BCUT2D eigenvalue weighted by molar-refractivity contribution is 0.0882. The second kappa shape index (κ2) is 6.48. The number of aromatic nitrogens is 5. The van der Waals surface area contributed by atoms with E-state index in [2.05, 4.69) is 25.8 Å².